The maximum atomic E-state index is 13.2. The van der Waals surface area contributed by atoms with Gasteiger partial charge >= 0.3 is 5.97 Å². The zero-order chi connectivity index (χ0) is 22.8. The van der Waals surface area contributed by atoms with E-state index in [1.165, 1.54) is 24.3 Å². The summed E-state index contributed by atoms with van der Waals surface area (Å²) in [6.07, 6.45) is 1.52. The second-order valence-corrected chi connectivity index (χ2v) is 7.85. The second kappa shape index (κ2) is 8.89. The fourth-order valence-electron chi connectivity index (χ4n) is 3.76. The lowest BCUT2D eigenvalue weighted by Crippen LogP contribution is -2.54. The van der Waals surface area contributed by atoms with Gasteiger partial charge in [0.2, 0.25) is 0 Å². The highest BCUT2D eigenvalue weighted by Crippen LogP contribution is 2.26. The molecular formula is C23H21N3O5S. The minimum absolute atomic E-state index is 0.00913. The van der Waals surface area contributed by atoms with Crippen LogP contribution in [0.4, 0.5) is 11.4 Å². The molecule has 0 spiro atoms. The van der Waals surface area contributed by atoms with Crippen molar-refractivity contribution in [2.75, 3.05) is 36.1 Å². The molecule has 8 nitrogen and oxygen atoms in total. The van der Waals surface area contributed by atoms with Crippen molar-refractivity contribution in [2.24, 2.45) is 0 Å². The van der Waals surface area contributed by atoms with Gasteiger partial charge in [-0.05, 0) is 66.7 Å². The molecule has 32 heavy (non-hydrogen) atoms. The Kier molecular flexibility index (Phi) is 6.02. The summed E-state index contributed by atoms with van der Waals surface area (Å²) in [5.74, 6) is -2.34. The van der Waals surface area contributed by atoms with Gasteiger partial charge in [0.05, 0.1) is 24.5 Å². The van der Waals surface area contributed by atoms with Crippen molar-refractivity contribution in [3.05, 3.63) is 64.7 Å². The molecule has 2 fully saturated rings. The Bertz CT molecular complexity index is 1150. The molecule has 2 saturated heterocycles. The van der Waals surface area contributed by atoms with Gasteiger partial charge in [-0.2, -0.15) is 0 Å². The van der Waals surface area contributed by atoms with E-state index in [1.807, 2.05) is 25.1 Å². The number of amides is 2. The van der Waals surface area contributed by atoms with Crippen LogP contribution >= 0.6 is 12.2 Å². The first kappa shape index (κ1) is 21.7. The average Bonchev–Trinajstić information content (AvgIpc) is 2.77. The van der Waals surface area contributed by atoms with Gasteiger partial charge in [0, 0.05) is 18.8 Å². The standard InChI is InChI=1S/C23H21N3O5S/c1-14-11-15(5-6-19(14)25-7-9-31-10-8-25)12-18-20(27)24-23(32)26(21(18)28)17-4-2-3-16(13-17)22(29)30/h2-6,11-13H,7-10H2,1H3,(H,29,30)(H,24,27,32). The van der Waals surface area contributed by atoms with E-state index in [2.05, 4.69) is 10.2 Å². The number of carboxylic acids is 1. The number of anilines is 2. The molecule has 164 valence electrons. The highest BCUT2D eigenvalue weighted by molar-refractivity contribution is 7.80. The Morgan fingerprint density at radius 1 is 1.16 bits per heavy atom. The Morgan fingerprint density at radius 2 is 1.91 bits per heavy atom. The van der Waals surface area contributed by atoms with Crippen molar-refractivity contribution >= 4 is 52.6 Å². The number of carbonyl (C=O) groups excluding carboxylic acids is 2. The van der Waals surface area contributed by atoms with E-state index in [0.29, 0.717) is 18.8 Å². The fraction of sp³-hybridized carbons (Fsp3) is 0.217. The molecule has 2 aliphatic rings. The molecule has 0 aromatic heterocycles. The number of ether oxygens (including phenoxy) is 1. The minimum Gasteiger partial charge on any atom is -0.478 e. The van der Waals surface area contributed by atoms with E-state index in [9.17, 15) is 19.5 Å². The van der Waals surface area contributed by atoms with Crippen molar-refractivity contribution in [1.82, 2.24) is 5.32 Å². The van der Waals surface area contributed by atoms with Crippen LogP contribution in [0.1, 0.15) is 21.5 Å². The Morgan fingerprint density at radius 3 is 2.59 bits per heavy atom. The van der Waals surface area contributed by atoms with Crippen LogP contribution in [0.25, 0.3) is 6.08 Å². The van der Waals surface area contributed by atoms with Crippen LogP contribution in [-0.4, -0.2) is 54.3 Å². The summed E-state index contributed by atoms with van der Waals surface area (Å²) in [5, 5.41) is 11.7. The maximum Gasteiger partial charge on any atom is 0.335 e. The quantitative estimate of drug-likeness (QED) is 0.418. The third kappa shape index (κ3) is 4.25. The summed E-state index contributed by atoms with van der Waals surface area (Å²) in [6, 6.07) is 11.6. The fourth-order valence-corrected chi connectivity index (χ4v) is 4.05. The van der Waals surface area contributed by atoms with Crippen molar-refractivity contribution in [3.63, 3.8) is 0 Å². The predicted molar refractivity (Wildman–Crippen MR) is 124 cm³/mol. The lowest BCUT2D eigenvalue weighted by Gasteiger charge is -2.30. The number of carbonyl (C=O) groups is 3. The summed E-state index contributed by atoms with van der Waals surface area (Å²) in [4.78, 5) is 40.4. The van der Waals surface area contributed by atoms with Crippen LogP contribution in [0.5, 0.6) is 0 Å². The summed E-state index contributed by atoms with van der Waals surface area (Å²) >= 11 is 5.18. The number of carboxylic acid groups (broad SMARTS) is 1. The number of aryl methyl sites for hydroxylation is 1. The number of hydrogen-bond acceptors (Lipinski definition) is 6. The SMILES string of the molecule is Cc1cc(C=C2C(=O)NC(=S)N(c3cccc(C(=O)O)c3)C2=O)ccc1N1CCOCC1. The number of hydrogen-bond donors (Lipinski definition) is 2. The highest BCUT2D eigenvalue weighted by atomic mass is 32.1. The first-order chi connectivity index (χ1) is 15.3. The number of nitrogens with zero attached hydrogens (tertiary/aromatic N) is 2. The maximum absolute atomic E-state index is 13.2. The molecule has 2 heterocycles. The third-order valence-corrected chi connectivity index (χ3v) is 5.62. The molecule has 0 aliphatic carbocycles. The van der Waals surface area contributed by atoms with Crippen LogP contribution in [0.3, 0.4) is 0 Å². The molecule has 0 bridgehead atoms. The van der Waals surface area contributed by atoms with E-state index in [-0.39, 0.29) is 21.9 Å². The Hall–Kier alpha value is -3.56. The van der Waals surface area contributed by atoms with Crippen molar-refractivity contribution < 1.29 is 24.2 Å². The lowest BCUT2D eigenvalue weighted by atomic mass is 10.0. The normalized spacial score (nSPS) is 18.2. The van der Waals surface area contributed by atoms with Gasteiger partial charge in [0.1, 0.15) is 5.57 Å². The molecule has 0 saturated carbocycles. The summed E-state index contributed by atoms with van der Waals surface area (Å²) in [6.45, 7) is 4.96. The van der Waals surface area contributed by atoms with E-state index in [0.717, 1.165) is 29.2 Å². The molecule has 0 radical (unpaired) electrons. The van der Waals surface area contributed by atoms with E-state index < -0.39 is 17.8 Å². The smallest absolute Gasteiger partial charge is 0.335 e. The van der Waals surface area contributed by atoms with Crippen LogP contribution in [0, 0.1) is 6.92 Å². The molecule has 2 aromatic rings. The topological polar surface area (TPSA) is 99.2 Å². The number of rotatable bonds is 4. The van der Waals surface area contributed by atoms with Crippen LogP contribution in [0.15, 0.2) is 48.0 Å². The minimum atomic E-state index is -1.13. The number of morpholine rings is 1. The summed E-state index contributed by atoms with van der Waals surface area (Å²) in [5.41, 5.74) is 3.00. The zero-order valence-corrected chi connectivity index (χ0v) is 18.1. The van der Waals surface area contributed by atoms with Gasteiger partial charge in [0.25, 0.3) is 11.8 Å². The van der Waals surface area contributed by atoms with Gasteiger partial charge in [-0.15, -0.1) is 0 Å². The predicted octanol–water partition coefficient (Wildman–Crippen LogP) is 2.36. The van der Waals surface area contributed by atoms with Gasteiger partial charge in [-0.1, -0.05) is 12.1 Å². The third-order valence-electron chi connectivity index (χ3n) is 5.34. The van der Waals surface area contributed by atoms with Crippen LogP contribution in [-0.2, 0) is 14.3 Å². The molecule has 0 unspecified atom stereocenters. The van der Waals surface area contributed by atoms with Crippen molar-refractivity contribution in [1.29, 1.82) is 0 Å². The molecule has 2 aromatic carbocycles. The van der Waals surface area contributed by atoms with E-state index >= 15 is 0 Å². The molecule has 2 N–H and O–H groups in total. The molecule has 2 amide bonds. The number of benzene rings is 2. The number of aromatic carboxylic acids is 1. The van der Waals surface area contributed by atoms with Crippen LogP contribution < -0.4 is 15.1 Å². The monoisotopic (exact) mass is 451 g/mol. The largest absolute Gasteiger partial charge is 0.478 e. The first-order valence-corrected chi connectivity index (χ1v) is 10.4. The molecule has 2 aliphatic heterocycles. The van der Waals surface area contributed by atoms with Crippen molar-refractivity contribution in [3.8, 4) is 0 Å². The van der Waals surface area contributed by atoms with E-state index in [1.54, 1.807) is 6.07 Å². The number of nitrogens with one attached hydrogen (secondary N) is 1. The Labute approximate surface area is 190 Å². The lowest BCUT2D eigenvalue weighted by molar-refractivity contribution is -0.122. The van der Waals surface area contributed by atoms with E-state index in [4.69, 9.17) is 17.0 Å². The highest BCUT2D eigenvalue weighted by Gasteiger charge is 2.34. The molecule has 4 rings (SSSR count). The van der Waals surface area contributed by atoms with Gasteiger partial charge in [-0.3, -0.25) is 19.8 Å². The molecule has 0 atom stereocenters. The van der Waals surface area contributed by atoms with Gasteiger partial charge < -0.3 is 14.7 Å². The Balaban J connectivity index is 1.65. The molecule has 9 heteroatoms. The zero-order valence-electron chi connectivity index (χ0n) is 17.3. The van der Waals surface area contributed by atoms with Crippen molar-refractivity contribution in [2.45, 2.75) is 6.92 Å². The average molecular weight is 452 g/mol. The molecular weight excluding hydrogens is 430 g/mol. The van der Waals surface area contributed by atoms with Crippen LogP contribution in [0.2, 0.25) is 0 Å². The second-order valence-electron chi connectivity index (χ2n) is 7.46. The number of thiocarbonyl (C=S) groups is 1. The summed E-state index contributed by atoms with van der Waals surface area (Å²) < 4.78 is 5.40. The van der Waals surface area contributed by atoms with Gasteiger partial charge in [0.15, 0.2) is 5.11 Å². The first-order valence-electron chi connectivity index (χ1n) is 10.0. The summed E-state index contributed by atoms with van der Waals surface area (Å²) in [7, 11) is 0. The van der Waals surface area contributed by atoms with Gasteiger partial charge in [-0.25, -0.2) is 4.79 Å².